The monoisotopic (exact) mass is 362 g/mol. The maximum atomic E-state index is 12.3. The van der Waals surface area contributed by atoms with Crippen LogP contribution >= 0.6 is 35.8 Å². The predicted molar refractivity (Wildman–Crippen MR) is 97.3 cm³/mol. The minimum atomic E-state index is 0. The van der Waals surface area contributed by atoms with Gasteiger partial charge in [-0.3, -0.25) is 4.79 Å². The summed E-state index contributed by atoms with van der Waals surface area (Å²) in [4.78, 5) is 15.2. The molecule has 22 heavy (non-hydrogen) atoms. The third-order valence-electron chi connectivity index (χ3n) is 3.96. The van der Waals surface area contributed by atoms with E-state index in [0.29, 0.717) is 5.75 Å². The zero-order valence-corrected chi connectivity index (χ0v) is 15.3. The minimum absolute atomic E-state index is 0. The summed E-state index contributed by atoms with van der Waals surface area (Å²) in [5, 5.41) is 3.92. The van der Waals surface area contributed by atoms with Crippen molar-refractivity contribution in [1.29, 1.82) is 0 Å². The lowest BCUT2D eigenvalue weighted by molar-refractivity contribution is -0.129. The van der Waals surface area contributed by atoms with Gasteiger partial charge in [0.1, 0.15) is 0 Å². The third kappa shape index (κ3) is 5.99. The van der Waals surface area contributed by atoms with Crippen molar-refractivity contribution in [1.82, 2.24) is 10.2 Å². The van der Waals surface area contributed by atoms with Crippen molar-refractivity contribution in [3.63, 3.8) is 0 Å². The molecule has 0 unspecified atom stereocenters. The summed E-state index contributed by atoms with van der Waals surface area (Å²) in [5.74, 6) is 1.47. The number of rotatable bonds is 6. The third-order valence-corrected chi connectivity index (χ3v) is 5.46. The van der Waals surface area contributed by atoms with E-state index in [1.165, 1.54) is 18.2 Å². The van der Waals surface area contributed by atoms with Gasteiger partial charge in [-0.05, 0) is 50.9 Å². The highest BCUT2D eigenvalue weighted by atomic mass is 35.5. The lowest BCUT2D eigenvalue weighted by Crippen LogP contribution is -2.39. The SMILES string of the molecule is CNCCC1CCN(C(=O)CSc2ccccc2Cl)CC1.Cl. The van der Waals surface area contributed by atoms with Crippen LogP contribution in [0.4, 0.5) is 0 Å². The molecule has 124 valence electrons. The van der Waals surface area contributed by atoms with Crippen molar-refractivity contribution in [3.8, 4) is 0 Å². The fourth-order valence-corrected chi connectivity index (χ4v) is 3.75. The van der Waals surface area contributed by atoms with Crippen LogP contribution in [0, 0.1) is 5.92 Å². The molecule has 1 aliphatic heterocycles. The molecule has 2 rings (SSSR count). The standard InChI is InChI=1S/C16H23ClN2OS.ClH/c1-18-9-6-13-7-10-19(11-8-13)16(20)12-21-15-5-3-2-4-14(15)17;/h2-5,13,18H,6-12H2,1H3;1H. The van der Waals surface area contributed by atoms with Crippen molar-refractivity contribution in [2.24, 2.45) is 5.92 Å². The van der Waals surface area contributed by atoms with Gasteiger partial charge in [0.15, 0.2) is 0 Å². The highest BCUT2D eigenvalue weighted by Crippen LogP contribution is 2.27. The smallest absolute Gasteiger partial charge is 0.232 e. The van der Waals surface area contributed by atoms with E-state index >= 15 is 0 Å². The number of thioether (sulfide) groups is 1. The summed E-state index contributed by atoms with van der Waals surface area (Å²) in [6.45, 7) is 2.87. The number of amides is 1. The minimum Gasteiger partial charge on any atom is -0.342 e. The number of halogens is 2. The highest BCUT2D eigenvalue weighted by Gasteiger charge is 2.22. The van der Waals surface area contributed by atoms with Crippen molar-refractivity contribution >= 4 is 41.7 Å². The molecule has 0 spiro atoms. The summed E-state index contributed by atoms with van der Waals surface area (Å²) in [7, 11) is 1.99. The molecule has 1 aromatic rings. The van der Waals surface area contributed by atoms with E-state index in [1.807, 2.05) is 36.2 Å². The van der Waals surface area contributed by atoms with Gasteiger partial charge in [0.25, 0.3) is 0 Å². The number of carbonyl (C=O) groups is 1. The molecule has 3 nitrogen and oxygen atoms in total. The Labute approximate surface area is 148 Å². The van der Waals surface area contributed by atoms with E-state index in [-0.39, 0.29) is 18.3 Å². The lowest BCUT2D eigenvalue weighted by atomic mass is 9.93. The molecular formula is C16H24Cl2N2OS. The molecular weight excluding hydrogens is 339 g/mol. The van der Waals surface area contributed by atoms with Crippen LogP contribution in [0.25, 0.3) is 0 Å². The van der Waals surface area contributed by atoms with Gasteiger partial charge in [-0.15, -0.1) is 24.2 Å². The first-order chi connectivity index (χ1) is 10.2. The average Bonchev–Trinajstić information content (AvgIpc) is 2.52. The van der Waals surface area contributed by atoms with Crippen LogP contribution in [-0.4, -0.2) is 43.2 Å². The van der Waals surface area contributed by atoms with Crippen LogP contribution in [0.1, 0.15) is 19.3 Å². The Morgan fingerprint density at radius 1 is 1.36 bits per heavy atom. The largest absolute Gasteiger partial charge is 0.342 e. The molecule has 1 saturated heterocycles. The Hall–Kier alpha value is -0.420. The summed E-state index contributed by atoms with van der Waals surface area (Å²) < 4.78 is 0. The van der Waals surface area contributed by atoms with Crippen LogP contribution in [0.15, 0.2) is 29.2 Å². The summed E-state index contributed by atoms with van der Waals surface area (Å²) >= 11 is 7.64. The number of hydrogen-bond donors (Lipinski definition) is 1. The molecule has 1 aliphatic rings. The predicted octanol–water partition coefficient (Wildman–Crippen LogP) is 3.70. The fraction of sp³-hybridized carbons (Fsp3) is 0.562. The fourth-order valence-electron chi connectivity index (χ4n) is 2.61. The van der Waals surface area contributed by atoms with Gasteiger partial charge in [0, 0.05) is 18.0 Å². The summed E-state index contributed by atoms with van der Waals surface area (Å²) in [5.41, 5.74) is 0. The first kappa shape index (κ1) is 19.6. The van der Waals surface area contributed by atoms with Crippen molar-refractivity contribution in [3.05, 3.63) is 29.3 Å². The van der Waals surface area contributed by atoms with Crippen molar-refractivity contribution < 1.29 is 4.79 Å². The number of carbonyl (C=O) groups excluding carboxylic acids is 1. The number of hydrogen-bond acceptors (Lipinski definition) is 3. The Kier molecular flexibility index (Phi) is 9.25. The van der Waals surface area contributed by atoms with Gasteiger partial charge >= 0.3 is 0 Å². The van der Waals surface area contributed by atoms with Gasteiger partial charge in [-0.2, -0.15) is 0 Å². The molecule has 0 aliphatic carbocycles. The Balaban J connectivity index is 0.00000242. The normalized spacial score (nSPS) is 15.5. The van der Waals surface area contributed by atoms with Gasteiger partial charge in [-0.25, -0.2) is 0 Å². The van der Waals surface area contributed by atoms with E-state index < -0.39 is 0 Å². The van der Waals surface area contributed by atoms with E-state index in [1.54, 1.807) is 0 Å². The Bertz CT molecular complexity index is 465. The molecule has 1 heterocycles. The van der Waals surface area contributed by atoms with Crippen molar-refractivity contribution in [2.75, 3.05) is 32.4 Å². The average molecular weight is 363 g/mol. The second-order valence-corrected chi connectivity index (χ2v) is 6.86. The van der Waals surface area contributed by atoms with E-state index in [4.69, 9.17) is 11.6 Å². The second kappa shape index (κ2) is 10.4. The van der Waals surface area contributed by atoms with Gasteiger partial charge in [0.2, 0.25) is 5.91 Å². The first-order valence-electron chi connectivity index (χ1n) is 7.50. The molecule has 0 aromatic heterocycles. The maximum Gasteiger partial charge on any atom is 0.232 e. The molecule has 6 heteroatoms. The Morgan fingerprint density at radius 3 is 2.68 bits per heavy atom. The molecule has 0 bridgehead atoms. The molecule has 0 saturated carbocycles. The number of benzene rings is 1. The number of likely N-dealkylation sites (tertiary alicyclic amines) is 1. The van der Waals surface area contributed by atoms with Gasteiger partial charge < -0.3 is 10.2 Å². The maximum absolute atomic E-state index is 12.3. The van der Waals surface area contributed by atoms with E-state index in [0.717, 1.165) is 48.3 Å². The summed E-state index contributed by atoms with van der Waals surface area (Å²) in [6.07, 6.45) is 3.47. The molecule has 0 atom stereocenters. The van der Waals surface area contributed by atoms with E-state index in [9.17, 15) is 4.79 Å². The number of piperidine rings is 1. The van der Waals surface area contributed by atoms with Crippen molar-refractivity contribution in [2.45, 2.75) is 24.2 Å². The molecule has 1 N–H and O–H groups in total. The Morgan fingerprint density at radius 2 is 2.05 bits per heavy atom. The lowest BCUT2D eigenvalue weighted by Gasteiger charge is -2.32. The second-order valence-electron chi connectivity index (χ2n) is 5.44. The molecule has 0 radical (unpaired) electrons. The van der Waals surface area contributed by atoms with Crippen LogP contribution < -0.4 is 5.32 Å². The van der Waals surface area contributed by atoms with Crippen LogP contribution in [0.3, 0.4) is 0 Å². The number of nitrogens with one attached hydrogen (secondary N) is 1. The zero-order chi connectivity index (χ0) is 15.1. The van der Waals surface area contributed by atoms with E-state index in [2.05, 4.69) is 5.32 Å². The van der Waals surface area contributed by atoms with Gasteiger partial charge in [-0.1, -0.05) is 23.7 Å². The molecule has 1 aromatic carbocycles. The number of nitrogens with zero attached hydrogens (tertiary/aromatic N) is 1. The highest BCUT2D eigenvalue weighted by molar-refractivity contribution is 8.00. The zero-order valence-electron chi connectivity index (χ0n) is 12.9. The quantitative estimate of drug-likeness (QED) is 0.783. The van der Waals surface area contributed by atoms with Gasteiger partial charge in [0.05, 0.1) is 10.8 Å². The van der Waals surface area contributed by atoms with Crippen LogP contribution in [-0.2, 0) is 4.79 Å². The molecule has 1 amide bonds. The first-order valence-corrected chi connectivity index (χ1v) is 8.86. The molecule has 1 fully saturated rings. The topological polar surface area (TPSA) is 32.3 Å². The summed E-state index contributed by atoms with van der Waals surface area (Å²) in [6, 6.07) is 7.68. The van der Waals surface area contributed by atoms with Crippen LogP contribution in [0.2, 0.25) is 5.02 Å². The van der Waals surface area contributed by atoms with Crippen LogP contribution in [0.5, 0.6) is 0 Å².